The molecule has 0 unspecified atom stereocenters. The first kappa shape index (κ1) is 13.2. The number of ether oxygens (including phenoxy) is 1. The zero-order valence-corrected chi connectivity index (χ0v) is 11.9. The summed E-state index contributed by atoms with van der Waals surface area (Å²) in [6.45, 7) is 1.75. The van der Waals surface area contributed by atoms with E-state index in [9.17, 15) is 0 Å². The smallest absolute Gasteiger partial charge is 0.119 e. The third kappa shape index (κ3) is 3.20. The summed E-state index contributed by atoms with van der Waals surface area (Å²) in [7, 11) is 2.02. The van der Waals surface area contributed by atoms with Gasteiger partial charge in [-0.2, -0.15) is 0 Å². The number of hydrogen-bond donors (Lipinski definition) is 1. The second-order valence-electron chi connectivity index (χ2n) is 5.50. The molecule has 20 heavy (non-hydrogen) atoms. The van der Waals surface area contributed by atoms with E-state index in [1.54, 1.807) is 0 Å². The van der Waals surface area contributed by atoms with E-state index < -0.39 is 0 Å². The maximum absolute atomic E-state index is 5.81. The molecule has 1 aliphatic carbocycles. The van der Waals surface area contributed by atoms with Crippen LogP contribution in [0.4, 0.5) is 0 Å². The third-order valence-corrected chi connectivity index (χ3v) is 3.95. The highest BCUT2D eigenvalue weighted by molar-refractivity contribution is 5.33. The van der Waals surface area contributed by atoms with Crippen LogP contribution in [0.2, 0.25) is 0 Å². The normalized spacial score (nSPS) is 20.6. The fourth-order valence-electron chi connectivity index (χ4n) is 2.70. The van der Waals surface area contributed by atoms with E-state index in [0.29, 0.717) is 6.61 Å². The minimum absolute atomic E-state index is 0.631. The molecule has 2 heteroatoms. The van der Waals surface area contributed by atoms with Crippen molar-refractivity contribution in [1.29, 1.82) is 0 Å². The van der Waals surface area contributed by atoms with Crippen molar-refractivity contribution in [3.63, 3.8) is 0 Å². The molecule has 1 saturated carbocycles. The molecule has 2 aromatic carbocycles. The molecule has 0 amide bonds. The molecule has 104 valence electrons. The SMILES string of the molecule is CNC[C@@H]1C[C@H]1c1ccc(OCc2ccccc2)cc1. The van der Waals surface area contributed by atoms with Crippen LogP contribution in [-0.2, 0) is 6.61 Å². The molecule has 0 saturated heterocycles. The summed E-state index contributed by atoms with van der Waals surface area (Å²) in [4.78, 5) is 0. The highest BCUT2D eigenvalue weighted by atomic mass is 16.5. The fraction of sp³-hybridized carbons (Fsp3) is 0.333. The van der Waals surface area contributed by atoms with Gasteiger partial charge in [0.25, 0.3) is 0 Å². The predicted octanol–water partition coefficient (Wildman–Crippen LogP) is 3.59. The summed E-state index contributed by atoms with van der Waals surface area (Å²) in [6.07, 6.45) is 1.31. The van der Waals surface area contributed by atoms with Gasteiger partial charge in [-0.05, 0) is 55.1 Å². The molecule has 1 fully saturated rings. The maximum Gasteiger partial charge on any atom is 0.119 e. The first-order valence-electron chi connectivity index (χ1n) is 7.28. The van der Waals surface area contributed by atoms with Crippen LogP contribution in [0.3, 0.4) is 0 Å². The van der Waals surface area contributed by atoms with Crippen molar-refractivity contribution >= 4 is 0 Å². The second kappa shape index (κ2) is 6.10. The average molecular weight is 267 g/mol. The Kier molecular flexibility index (Phi) is 4.03. The van der Waals surface area contributed by atoms with Gasteiger partial charge in [0.1, 0.15) is 12.4 Å². The van der Waals surface area contributed by atoms with Crippen molar-refractivity contribution < 1.29 is 4.74 Å². The van der Waals surface area contributed by atoms with Gasteiger partial charge in [0.15, 0.2) is 0 Å². The lowest BCUT2D eigenvalue weighted by Gasteiger charge is -2.07. The molecular formula is C18H21NO. The van der Waals surface area contributed by atoms with E-state index in [-0.39, 0.29) is 0 Å². The van der Waals surface area contributed by atoms with E-state index in [1.807, 2.05) is 25.2 Å². The van der Waals surface area contributed by atoms with Crippen LogP contribution in [0.1, 0.15) is 23.5 Å². The van der Waals surface area contributed by atoms with Gasteiger partial charge in [0, 0.05) is 0 Å². The van der Waals surface area contributed by atoms with E-state index in [4.69, 9.17) is 4.74 Å². The minimum Gasteiger partial charge on any atom is -0.489 e. The summed E-state index contributed by atoms with van der Waals surface area (Å²) in [6, 6.07) is 18.9. The number of rotatable bonds is 6. The summed E-state index contributed by atoms with van der Waals surface area (Å²) in [5, 5.41) is 3.25. The summed E-state index contributed by atoms with van der Waals surface area (Å²) >= 11 is 0. The van der Waals surface area contributed by atoms with Crippen LogP contribution in [-0.4, -0.2) is 13.6 Å². The van der Waals surface area contributed by atoms with E-state index >= 15 is 0 Å². The van der Waals surface area contributed by atoms with Gasteiger partial charge in [0.2, 0.25) is 0 Å². The van der Waals surface area contributed by atoms with E-state index in [0.717, 1.165) is 24.1 Å². The first-order chi connectivity index (χ1) is 9.86. The standard InChI is InChI=1S/C18H21NO/c1-19-12-16-11-18(16)15-7-9-17(10-8-15)20-13-14-5-3-2-4-6-14/h2-10,16,18-19H,11-13H2,1H3/t16-,18-/m0/s1. The second-order valence-corrected chi connectivity index (χ2v) is 5.50. The molecule has 0 radical (unpaired) electrons. The van der Waals surface area contributed by atoms with Crippen molar-refractivity contribution in [3.05, 3.63) is 65.7 Å². The average Bonchev–Trinajstić information content (AvgIpc) is 3.27. The highest BCUT2D eigenvalue weighted by Crippen LogP contribution is 2.47. The van der Waals surface area contributed by atoms with Crippen LogP contribution in [0, 0.1) is 5.92 Å². The van der Waals surface area contributed by atoms with E-state index in [1.165, 1.54) is 17.5 Å². The highest BCUT2D eigenvalue weighted by Gasteiger charge is 2.37. The van der Waals surface area contributed by atoms with Gasteiger partial charge < -0.3 is 10.1 Å². The largest absolute Gasteiger partial charge is 0.489 e. The molecule has 0 aliphatic heterocycles. The number of benzene rings is 2. The first-order valence-corrected chi connectivity index (χ1v) is 7.28. The third-order valence-electron chi connectivity index (χ3n) is 3.95. The topological polar surface area (TPSA) is 21.3 Å². The Hall–Kier alpha value is -1.80. The van der Waals surface area contributed by atoms with Gasteiger partial charge in [-0.1, -0.05) is 42.5 Å². The van der Waals surface area contributed by atoms with Crippen LogP contribution in [0.25, 0.3) is 0 Å². The zero-order chi connectivity index (χ0) is 13.8. The van der Waals surface area contributed by atoms with Gasteiger partial charge in [0.05, 0.1) is 0 Å². The molecule has 3 rings (SSSR count). The van der Waals surface area contributed by atoms with Crippen molar-refractivity contribution in [1.82, 2.24) is 5.32 Å². The van der Waals surface area contributed by atoms with Gasteiger partial charge >= 0.3 is 0 Å². The van der Waals surface area contributed by atoms with Crippen LogP contribution in [0.15, 0.2) is 54.6 Å². The molecule has 2 nitrogen and oxygen atoms in total. The molecule has 0 heterocycles. The molecule has 0 aromatic heterocycles. The van der Waals surface area contributed by atoms with Crippen LogP contribution >= 0.6 is 0 Å². The lowest BCUT2D eigenvalue weighted by atomic mass is 10.1. The monoisotopic (exact) mass is 267 g/mol. The van der Waals surface area contributed by atoms with Crippen molar-refractivity contribution in [2.75, 3.05) is 13.6 Å². The van der Waals surface area contributed by atoms with Crippen molar-refractivity contribution in [3.8, 4) is 5.75 Å². The van der Waals surface area contributed by atoms with Crippen LogP contribution in [0.5, 0.6) is 5.75 Å². The molecule has 2 atom stereocenters. The van der Waals surface area contributed by atoms with E-state index in [2.05, 4.69) is 41.7 Å². The Morgan fingerprint density at radius 2 is 1.80 bits per heavy atom. The predicted molar refractivity (Wildman–Crippen MR) is 82.0 cm³/mol. The van der Waals surface area contributed by atoms with Crippen LogP contribution < -0.4 is 10.1 Å². The minimum atomic E-state index is 0.631. The number of nitrogens with one attached hydrogen (secondary N) is 1. The molecule has 2 aromatic rings. The number of hydrogen-bond acceptors (Lipinski definition) is 2. The van der Waals surface area contributed by atoms with Gasteiger partial charge in [-0.3, -0.25) is 0 Å². The lowest BCUT2D eigenvalue weighted by molar-refractivity contribution is 0.306. The quantitative estimate of drug-likeness (QED) is 0.863. The Morgan fingerprint density at radius 1 is 1.05 bits per heavy atom. The van der Waals surface area contributed by atoms with Gasteiger partial charge in [-0.15, -0.1) is 0 Å². The summed E-state index contributed by atoms with van der Waals surface area (Å²) in [5.74, 6) is 2.50. The van der Waals surface area contributed by atoms with Gasteiger partial charge in [-0.25, -0.2) is 0 Å². The molecule has 0 bridgehead atoms. The lowest BCUT2D eigenvalue weighted by Crippen LogP contribution is -2.10. The Labute approximate surface area is 120 Å². The van der Waals surface area contributed by atoms with Crippen molar-refractivity contribution in [2.24, 2.45) is 5.92 Å². The fourth-order valence-corrected chi connectivity index (χ4v) is 2.70. The maximum atomic E-state index is 5.81. The molecule has 1 aliphatic rings. The Balaban J connectivity index is 1.54. The molecular weight excluding hydrogens is 246 g/mol. The molecule has 1 N–H and O–H groups in total. The zero-order valence-electron chi connectivity index (χ0n) is 11.9. The van der Waals surface area contributed by atoms with Crippen molar-refractivity contribution in [2.45, 2.75) is 18.9 Å². The Morgan fingerprint density at radius 3 is 2.50 bits per heavy atom. The molecule has 0 spiro atoms. The Bertz CT molecular complexity index is 535. The summed E-state index contributed by atoms with van der Waals surface area (Å²) in [5.41, 5.74) is 2.64. The summed E-state index contributed by atoms with van der Waals surface area (Å²) < 4.78 is 5.81.